The number of aliphatic imine (C=N–C) groups is 1. The number of aromatic nitrogens is 2. The molecule has 0 atom stereocenters. The molecular weight excluding hydrogens is 372 g/mol. The fraction of sp³-hybridized carbons (Fsp3) is 0.417. The number of guanidine groups is 1. The van der Waals surface area contributed by atoms with Crippen molar-refractivity contribution in [3.63, 3.8) is 0 Å². The predicted molar refractivity (Wildman–Crippen MR) is 124 cm³/mol. The second-order valence-corrected chi connectivity index (χ2v) is 8.08. The van der Waals surface area contributed by atoms with Crippen molar-refractivity contribution in [1.29, 1.82) is 0 Å². The molecule has 0 radical (unpaired) electrons. The summed E-state index contributed by atoms with van der Waals surface area (Å²) in [4.78, 5) is 14.8. The Morgan fingerprint density at radius 3 is 2.83 bits per heavy atom. The molecule has 1 aliphatic heterocycles. The van der Waals surface area contributed by atoms with Gasteiger partial charge in [-0.15, -0.1) is 0 Å². The molecule has 0 aliphatic carbocycles. The third-order valence-corrected chi connectivity index (χ3v) is 5.96. The molecule has 3 N–H and O–H groups in total. The van der Waals surface area contributed by atoms with Gasteiger partial charge in [-0.1, -0.05) is 24.3 Å². The Morgan fingerprint density at radius 1 is 1.20 bits per heavy atom. The summed E-state index contributed by atoms with van der Waals surface area (Å²) in [6.45, 7) is 6.11. The third-order valence-electron chi connectivity index (χ3n) is 5.96. The number of likely N-dealkylation sites (tertiary alicyclic amines) is 1. The van der Waals surface area contributed by atoms with Crippen molar-refractivity contribution < 1.29 is 0 Å². The second-order valence-electron chi connectivity index (χ2n) is 8.08. The molecule has 3 heterocycles. The molecule has 1 aromatic carbocycles. The topological polar surface area (TPSA) is 68.3 Å². The molecular formula is C24H32N6. The van der Waals surface area contributed by atoms with Crippen LogP contribution >= 0.6 is 0 Å². The van der Waals surface area contributed by atoms with E-state index in [9.17, 15) is 0 Å². The largest absolute Gasteiger partial charge is 0.361 e. The molecule has 0 spiro atoms. The van der Waals surface area contributed by atoms with Crippen molar-refractivity contribution >= 4 is 16.9 Å². The van der Waals surface area contributed by atoms with Crippen molar-refractivity contribution in [2.24, 2.45) is 4.99 Å². The summed E-state index contributed by atoms with van der Waals surface area (Å²) in [5.41, 5.74) is 5.03. The lowest BCUT2D eigenvalue weighted by atomic mass is 10.0. The number of piperidine rings is 1. The first-order valence-electron chi connectivity index (χ1n) is 10.9. The fourth-order valence-electron chi connectivity index (χ4n) is 4.23. The molecule has 1 fully saturated rings. The lowest BCUT2D eigenvalue weighted by molar-refractivity contribution is 0.196. The van der Waals surface area contributed by atoms with Crippen LogP contribution in [0.5, 0.6) is 0 Å². The van der Waals surface area contributed by atoms with Crippen molar-refractivity contribution in [3.8, 4) is 0 Å². The van der Waals surface area contributed by atoms with Gasteiger partial charge in [0.05, 0.1) is 5.69 Å². The fourth-order valence-corrected chi connectivity index (χ4v) is 4.23. The SMILES string of the molecule is CN=C(NCCc1c[nH]c2c(C)cccc12)NC1CCN(Cc2ccccn2)CC1. The Labute approximate surface area is 178 Å². The summed E-state index contributed by atoms with van der Waals surface area (Å²) in [7, 11) is 1.85. The molecule has 0 amide bonds. The number of para-hydroxylation sites is 1. The normalized spacial score (nSPS) is 16.1. The van der Waals surface area contributed by atoms with E-state index in [4.69, 9.17) is 0 Å². The zero-order chi connectivity index (χ0) is 20.8. The van der Waals surface area contributed by atoms with Crippen LogP contribution in [0.25, 0.3) is 10.9 Å². The molecule has 158 valence electrons. The molecule has 6 nitrogen and oxygen atoms in total. The van der Waals surface area contributed by atoms with Crippen molar-refractivity contribution in [1.82, 2.24) is 25.5 Å². The number of fused-ring (bicyclic) bond motifs is 1. The van der Waals surface area contributed by atoms with Gasteiger partial charge in [0.2, 0.25) is 0 Å². The highest BCUT2D eigenvalue weighted by atomic mass is 15.2. The van der Waals surface area contributed by atoms with E-state index < -0.39 is 0 Å². The molecule has 1 aliphatic rings. The van der Waals surface area contributed by atoms with Crippen molar-refractivity contribution in [2.45, 2.75) is 38.8 Å². The van der Waals surface area contributed by atoms with Crippen LogP contribution in [0.1, 0.15) is 29.7 Å². The van der Waals surface area contributed by atoms with Gasteiger partial charge >= 0.3 is 0 Å². The summed E-state index contributed by atoms with van der Waals surface area (Å²) < 4.78 is 0. The number of rotatable bonds is 6. The lowest BCUT2D eigenvalue weighted by Crippen LogP contribution is -2.48. The summed E-state index contributed by atoms with van der Waals surface area (Å²) in [5.74, 6) is 0.897. The van der Waals surface area contributed by atoms with E-state index in [1.807, 2.05) is 19.3 Å². The maximum absolute atomic E-state index is 4.44. The van der Waals surface area contributed by atoms with Crippen LogP contribution in [0.4, 0.5) is 0 Å². The van der Waals surface area contributed by atoms with E-state index in [2.05, 4.69) is 73.9 Å². The van der Waals surface area contributed by atoms with E-state index >= 15 is 0 Å². The van der Waals surface area contributed by atoms with E-state index in [0.29, 0.717) is 6.04 Å². The van der Waals surface area contributed by atoms with Gasteiger partial charge in [0.15, 0.2) is 5.96 Å². The van der Waals surface area contributed by atoms with Gasteiger partial charge < -0.3 is 15.6 Å². The Hall–Kier alpha value is -2.86. The third kappa shape index (κ3) is 5.00. The van der Waals surface area contributed by atoms with Crippen LogP contribution in [-0.2, 0) is 13.0 Å². The summed E-state index contributed by atoms with van der Waals surface area (Å²) in [6, 6.07) is 13.1. The number of nitrogens with one attached hydrogen (secondary N) is 3. The number of nitrogens with zero attached hydrogens (tertiary/aromatic N) is 3. The Balaban J connectivity index is 1.22. The van der Waals surface area contributed by atoms with Gasteiger partial charge in [-0.05, 0) is 49.4 Å². The van der Waals surface area contributed by atoms with Gasteiger partial charge in [0, 0.05) is 62.6 Å². The first-order valence-corrected chi connectivity index (χ1v) is 10.9. The molecule has 0 saturated carbocycles. The smallest absolute Gasteiger partial charge is 0.191 e. The van der Waals surface area contributed by atoms with E-state index in [1.54, 1.807) is 0 Å². The minimum Gasteiger partial charge on any atom is -0.361 e. The number of pyridine rings is 1. The predicted octanol–water partition coefficient (Wildman–Crippen LogP) is 3.24. The average molecular weight is 405 g/mol. The monoisotopic (exact) mass is 404 g/mol. The molecule has 0 bridgehead atoms. The summed E-state index contributed by atoms with van der Waals surface area (Å²) >= 11 is 0. The van der Waals surface area contributed by atoms with Crippen LogP contribution < -0.4 is 10.6 Å². The van der Waals surface area contributed by atoms with Crippen LogP contribution in [0.15, 0.2) is 53.8 Å². The molecule has 2 aromatic heterocycles. The second kappa shape index (κ2) is 9.76. The Morgan fingerprint density at radius 2 is 2.07 bits per heavy atom. The molecule has 1 saturated heterocycles. The van der Waals surface area contributed by atoms with Gasteiger partial charge in [-0.25, -0.2) is 0 Å². The number of hydrogen-bond acceptors (Lipinski definition) is 3. The highest BCUT2D eigenvalue weighted by molar-refractivity contribution is 5.86. The first-order chi connectivity index (χ1) is 14.7. The first kappa shape index (κ1) is 20.4. The minimum absolute atomic E-state index is 0.465. The number of hydrogen-bond donors (Lipinski definition) is 3. The van der Waals surface area contributed by atoms with E-state index in [1.165, 1.54) is 22.0 Å². The van der Waals surface area contributed by atoms with Crippen molar-refractivity contribution in [2.75, 3.05) is 26.7 Å². The zero-order valence-electron chi connectivity index (χ0n) is 18.0. The summed E-state index contributed by atoms with van der Waals surface area (Å²) in [6.07, 6.45) is 7.21. The van der Waals surface area contributed by atoms with Crippen LogP contribution in [0, 0.1) is 6.92 Å². The van der Waals surface area contributed by atoms with E-state index in [0.717, 1.165) is 57.1 Å². The molecule has 30 heavy (non-hydrogen) atoms. The number of benzene rings is 1. The van der Waals surface area contributed by atoms with Gasteiger partial charge in [0.1, 0.15) is 0 Å². The highest BCUT2D eigenvalue weighted by Crippen LogP contribution is 2.21. The van der Waals surface area contributed by atoms with Crippen LogP contribution in [0.3, 0.4) is 0 Å². The maximum Gasteiger partial charge on any atom is 0.191 e. The maximum atomic E-state index is 4.44. The highest BCUT2D eigenvalue weighted by Gasteiger charge is 2.20. The van der Waals surface area contributed by atoms with Gasteiger partial charge in [-0.2, -0.15) is 0 Å². The Kier molecular flexibility index (Phi) is 6.64. The zero-order valence-corrected chi connectivity index (χ0v) is 18.0. The number of H-pyrrole nitrogens is 1. The molecule has 3 aromatic rings. The van der Waals surface area contributed by atoms with Crippen LogP contribution in [0.2, 0.25) is 0 Å². The number of aromatic amines is 1. The van der Waals surface area contributed by atoms with Gasteiger partial charge in [0.25, 0.3) is 0 Å². The minimum atomic E-state index is 0.465. The lowest BCUT2D eigenvalue weighted by Gasteiger charge is -2.32. The van der Waals surface area contributed by atoms with Crippen LogP contribution in [-0.4, -0.2) is 53.6 Å². The van der Waals surface area contributed by atoms with E-state index in [-0.39, 0.29) is 0 Å². The quantitative estimate of drug-likeness (QED) is 0.436. The Bertz CT molecular complexity index is 970. The number of aryl methyl sites for hydroxylation is 1. The van der Waals surface area contributed by atoms with Crippen molar-refractivity contribution in [3.05, 3.63) is 65.6 Å². The molecule has 6 heteroatoms. The molecule has 0 unspecified atom stereocenters. The summed E-state index contributed by atoms with van der Waals surface area (Å²) in [5, 5.41) is 8.41. The van der Waals surface area contributed by atoms with Gasteiger partial charge in [-0.3, -0.25) is 14.9 Å². The molecule has 4 rings (SSSR count). The standard InChI is InChI=1S/C24H32N6/c1-18-6-5-8-22-19(16-28-23(18)22)9-13-27-24(25-2)29-20-10-14-30(15-11-20)17-21-7-3-4-12-26-21/h3-8,12,16,20,28H,9-11,13-15,17H2,1-2H3,(H2,25,27,29). The average Bonchev–Trinajstić information content (AvgIpc) is 3.19.